The second kappa shape index (κ2) is 7.13. The van der Waals surface area contributed by atoms with Crippen molar-refractivity contribution in [3.05, 3.63) is 83.3 Å². The number of nitrogens with two attached hydrogens (primary N) is 1. The minimum atomic E-state index is -0.480. The number of aromatic nitrogens is 1. The van der Waals surface area contributed by atoms with Gasteiger partial charge in [0.2, 0.25) is 5.91 Å². The molecule has 1 heterocycles. The predicted octanol–water partition coefficient (Wildman–Crippen LogP) is 3.59. The van der Waals surface area contributed by atoms with E-state index >= 15 is 0 Å². The summed E-state index contributed by atoms with van der Waals surface area (Å²) in [6, 6.07) is 15.7. The molecular formula is C20H17FN2O2. The maximum atomic E-state index is 13.8. The monoisotopic (exact) mass is 336 g/mol. The molecule has 25 heavy (non-hydrogen) atoms. The van der Waals surface area contributed by atoms with E-state index in [4.69, 9.17) is 10.5 Å². The highest BCUT2D eigenvalue weighted by Crippen LogP contribution is 2.22. The molecule has 3 rings (SSSR count). The largest absolute Gasteiger partial charge is 0.494 e. The Morgan fingerprint density at radius 1 is 1.12 bits per heavy atom. The summed E-state index contributed by atoms with van der Waals surface area (Å²) in [7, 11) is 1.44. The number of ether oxygens (including phenoxy) is 1. The number of carbonyl (C=O) groups is 1. The van der Waals surface area contributed by atoms with Gasteiger partial charge >= 0.3 is 0 Å². The van der Waals surface area contributed by atoms with Gasteiger partial charge in [-0.3, -0.25) is 9.78 Å². The molecule has 0 aliphatic carbocycles. The van der Waals surface area contributed by atoms with E-state index in [2.05, 4.69) is 4.98 Å². The zero-order valence-electron chi connectivity index (χ0n) is 13.7. The van der Waals surface area contributed by atoms with Gasteiger partial charge in [0, 0.05) is 17.3 Å². The number of nitrogens with zero attached hydrogens (tertiary/aromatic N) is 1. The van der Waals surface area contributed by atoms with Crippen LogP contribution in [0.15, 0.2) is 60.8 Å². The Balaban J connectivity index is 1.88. The van der Waals surface area contributed by atoms with Gasteiger partial charge in [-0.1, -0.05) is 18.2 Å². The van der Waals surface area contributed by atoms with Gasteiger partial charge in [0.05, 0.1) is 12.8 Å². The number of pyridine rings is 1. The Kier molecular flexibility index (Phi) is 4.75. The number of rotatable bonds is 5. The fraction of sp³-hybridized carbons (Fsp3) is 0.100. The molecule has 0 fully saturated rings. The molecule has 2 N–H and O–H groups in total. The molecule has 1 aromatic heterocycles. The fourth-order valence-electron chi connectivity index (χ4n) is 2.63. The highest BCUT2D eigenvalue weighted by atomic mass is 19.1. The Morgan fingerprint density at radius 3 is 2.64 bits per heavy atom. The minimum absolute atomic E-state index is 0.224. The van der Waals surface area contributed by atoms with Gasteiger partial charge in [-0.05, 0) is 53.9 Å². The SMILES string of the molecule is COc1ccc(Cc2ccnc(-c3cccc(C(N)=O)c3)c2)cc1F. The molecule has 0 bridgehead atoms. The van der Waals surface area contributed by atoms with Gasteiger partial charge in [-0.15, -0.1) is 0 Å². The molecule has 0 saturated carbocycles. The Bertz CT molecular complexity index is 925. The van der Waals surface area contributed by atoms with Gasteiger partial charge in [0.1, 0.15) is 0 Å². The van der Waals surface area contributed by atoms with Crippen LogP contribution in [0.2, 0.25) is 0 Å². The lowest BCUT2D eigenvalue weighted by Crippen LogP contribution is -2.10. The first-order valence-corrected chi connectivity index (χ1v) is 7.74. The molecule has 0 unspecified atom stereocenters. The summed E-state index contributed by atoms with van der Waals surface area (Å²) in [4.78, 5) is 15.7. The highest BCUT2D eigenvalue weighted by molar-refractivity contribution is 5.94. The molecule has 3 aromatic rings. The van der Waals surface area contributed by atoms with Crippen LogP contribution in [-0.4, -0.2) is 18.0 Å². The third-order valence-electron chi connectivity index (χ3n) is 3.89. The molecule has 0 spiro atoms. The zero-order chi connectivity index (χ0) is 17.8. The summed E-state index contributed by atoms with van der Waals surface area (Å²) >= 11 is 0. The standard InChI is InChI=1S/C20H17FN2O2/c1-25-19-6-5-13(10-17(19)21)9-14-7-8-23-18(11-14)15-3-2-4-16(12-15)20(22)24/h2-8,10-12H,9H2,1H3,(H2,22,24). The van der Waals surface area contributed by atoms with Crippen LogP contribution in [-0.2, 0) is 6.42 Å². The first-order chi connectivity index (χ1) is 12.1. The molecule has 1 amide bonds. The van der Waals surface area contributed by atoms with Crippen molar-refractivity contribution in [2.45, 2.75) is 6.42 Å². The van der Waals surface area contributed by atoms with Gasteiger partial charge in [-0.2, -0.15) is 0 Å². The first-order valence-electron chi connectivity index (χ1n) is 7.74. The van der Waals surface area contributed by atoms with Crippen LogP contribution in [0.1, 0.15) is 21.5 Å². The second-order valence-corrected chi connectivity index (χ2v) is 5.64. The lowest BCUT2D eigenvalue weighted by molar-refractivity contribution is 0.100. The first kappa shape index (κ1) is 16.6. The third kappa shape index (κ3) is 3.83. The molecule has 126 valence electrons. The number of carbonyl (C=O) groups excluding carboxylic acids is 1. The van der Waals surface area contributed by atoms with Crippen molar-refractivity contribution in [1.82, 2.24) is 4.98 Å². The van der Waals surface area contributed by atoms with Crippen LogP contribution >= 0.6 is 0 Å². The summed E-state index contributed by atoms with van der Waals surface area (Å²) < 4.78 is 18.8. The second-order valence-electron chi connectivity index (χ2n) is 5.64. The maximum absolute atomic E-state index is 13.8. The molecule has 0 atom stereocenters. The van der Waals surface area contributed by atoms with Crippen LogP contribution < -0.4 is 10.5 Å². The zero-order valence-corrected chi connectivity index (χ0v) is 13.7. The average molecular weight is 336 g/mol. The maximum Gasteiger partial charge on any atom is 0.248 e. The Labute approximate surface area is 145 Å². The van der Waals surface area contributed by atoms with E-state index in [1.807, 2.05) is 24.3 Å². The van der Waals surface area contributed by atoms with Crippen LogP contribution in [0.4, 0.5) is 4.39 Å². The van der Waals surface area contributed by atoms with E-state index in [1.54, 1.807) is 30.5 Å². The van der Waals surface area contributed by atoms with Crippen molar-refractivity contribution < 1.29 is 13.9 Å². The molecule has 4 nitrogen and oxygen atoms in total. The van der Waals surface area contributed by atoms with Crippen molar-refractivity contribution in [2.24, 2.45) is 5.73 Å². The number of hydrogen-bond donors (Lipinski definition) is 1. The van der Waals surface area contributed by atoms with E-state index in [-0.39, 0.29) is 11.6 Å². The molecule has 0 aliphatic rings. The number of amides is 1. The number of primary amides is 1. The van der Waals surface area contributed by atoms with Crippen molar-refractivity contribution in [2.75, 3.05) is 7.11 Å². The van der Waals surface area contributed by atoms with Crippen molar-refractivity contribution in [1.29, 1.82) is 0 Å². The number of benzene rings is 2. The van der Waals surface area contributed by atoms with Crippen LogP contribution in [0, 0.1) is 5.82 Å². The van der Waals surface area contributed by atoms with E-state index in [1.165, 1.54) is 13.2 Å². The Morgan fingerprint density at radius 2 is 1.92 bits per heavy atom. The van der Waals surface area contributed by atoms with Gasteiger partial charge in [0.25, 0.3) is 0 Å². The molecule has 2 aromatic carbocycles. The molecule has 0 saturated heterocycles. The number of halogens is 1. The normalized spacial score (nSPS) is 10.5. The lowest BCUT2D eigenvalue weighted by atomic mass is 10.0. The average Bonchev–Trinajstić information content (AvgIpc) is 2.62. The molecular weight excluding hydrogens is 319 g/mol. The minimum Gasteiger partial charge on any atom is -0.494 e. The van der Waals surface area contributed by atoms with Gasteiger partial charge in [-0.25, -0.2) is 4.39 Å². The summed E-state index contributed by atoms with van der Waals surface area (Å²) in [6.45, 7) is 0. The van der Waals surface area contributed by atoms with Gasteiger partial charge < -0.3 is 10.5 Å². The quantitative estimate of drug-likeness (QED) is 0.774. The van der Waals surface area contributed by atoms with Crippen LogP contribution in [0.3, 0.4) is 0 Å². The van der Waals surface area contributed by atoms with Crippen LogP contribution in [0.25, 0.3) is 11.3 Å². The summed E-state index contributed by atoms with van der Waals surface area (Å²) in [5.74, 6) is -0.641. The summed E-state index contributed by atoms with van der Waals surface area (Å²) in [6.07, 6.45) is 2.26. The highest BCUT2D eigenvalue weighted by Gasteiger charge is 2.07. The Hall–Kier alpha value is -3.21. The van der Waals surface area contributed by atoms with Crippen molar-refractivity contribution in [3.63, 3.8) is 0 Å². The fourth-order valence-corrected chi connectivity index (χ4v) is 2.63. The third-order valence-corrected chi connectivity index (χ3v) is 3.89. The summed E-state index contributed by atoms with van der Waals surface area (Å²) in [5, 5.41) is 0. The number of methoxy groups -OCH3 is 1. The molecule has 0 aliphatic heterocycles. The van der Waals surface area contributed by atoms with Crippen molar-refractivity contribution in [3.8, 4) is 17.0 Å². The van der Waals surface area contributed by atoms with Gasteiger partial charge in [0.15, 0.2) is 11.6 Å². The molecule has 5 heteroatoms. The smallest absolute Gasteiger partial charge is 0.248 e. The predicted molar refractivity (Wildman–Crippen MR) is 93.9 cm³/mol. The van der Waals surface area contributed by atoms with E-state index in [0.29, 0.717) is 12.0 Å². The lowest BCUT2D eigenvalue weighted by Gasteiger charge is -2.08. The topological polar surface area (TPSA) is 65.2 Å². The van der Waals surface area contributed by atoms with Crippen LogP contribution in [0.5, 0.6) is 5.75 Å². The van der Waals surface area contributed by atoms with E-state index < -0.39 is 5.91 Å². The molecule has 0 radical (unpaired) electrons. The van der Waals surface area contributed by atoms with Crippen molar-refractivity contribution >= 4 is 5.91 Å². The van der Waals surface area contributed by atoms with E-state index in [0.717, 1.165) is 22.4 Å². The van der Waals surface area contributed by atoms with E-state index in [9.17, 15) is 9.18 Å². The summed E-state index contributed by atoms with van der Waals surface area (Å²) in [5.41, 5.74) is 9.11. The number of hydrogen-bond acceptors (Lipinski definition) is 3.